The number of phenols is 1. The molecule has 0 radical (unpaired) electrons. The van der Waals surface area contributed by atoms with E-state index < -0.39 is 0 Å². The lowest BCUT2D eigenvalue weighted by Crippen LogP contribution is -1.98. The van der Waals surface area contributed by atoms with E-state index in [9.17, 15) is 9.90 Å². The Labute approximate surface area is 124 Å². The van der Waals surface area contributed by atoms with E-state index in [1.807, 2.05) is 31.2 Å². The maximum atomic E-state index is 12.2. The number of ketones is 1. The van der Waals surface area contributed by atoms with Crippen LogP contribution >= 0.6 is 15.9 Å². The number of halogens is 1. The van der Waals surface area contributed by atoms with Crippen molar-refractivity contribution in [2.24, 2.45) is 0 Å². The zero-order valence-electron chi connectivity index (χ0n) is 10.7. The molecule has 0 fully saturated rings. The van der Waals surface area contributed by atoms with Crippen LogP contribution in [0.5, 0.6) is 11.5 Å². The smallest absolute Gasteiger partial charge is 0.235 e. The van der Waals surface area contributed by atoms with Gasteiger partial charge >= 0.3 is 0 Å². The number of carbonyl (C=O) groups excluding carboxylic acids is 1. The van der Waals surface area contributed by atoms with Crippen molar-refractivity contribution in [3.8, 4) is 11.5 Å². The van der Waals surface area contributed by atoms with E-state index in [1.54, 1.807) is 18.2 Å². The number of ether oxygens (including phenoxy) is 1. The average Bonchev–Trinajstić information content (AvgIpc) is 2.69. The predicted molar refractivity (Wildman–Crippen MR) is 79.9 cm³/mol. The monoisotopic (exact) mass is 330 g/mol. The van der Waals surface area contributed by atoms with Crippen LogP contribution in [0.15, 0.2) is 46.6 Å². The van der Waals surface area contributed by atoms with Crippen LogP contribution in [-0.2, 0) is 0 Å². The fraction of sp³-hybridized carbons (Fsp3) is 0.0625. The molecule has 0 aromatic heterocycles. The minimum atomic E-state index is -0.291. The van der Waals surface area contributed by atoms with E-state index in [1.165, 1.54) is 0 Å². The van der Waals surface area contributed by atoms with E-state index in [-0.39, 0.29) is 22.9 Å². The minimum Gasteiger partial charge on any atom is -0.507 e. The molecule has 0 atom stereocenters. The number of aromatic hydroxyl groups is 1. The number of hydrogen-bond donors (Lipinski definition) is 1. The Morgan fingerprint density at radius 3 is 2.60 bits per heavy atom. The molecule has 0 bridgehead atoms. The standard InChI is InChI=1S/C16H11BrO3/c1-9-6-12(18)15-13(7-9)20-14(16(15)19)8-10-2-4-11(17)5-3-10/h2-8,18H,1H3. The fourth-order valence-electron chi connectivity index (χ4n) is 2.14. The fourth-order valence-corrected chi connectivity index (χ4v) is 2.40. The maximum Gasteiger partial charge on any atom is 0.235 e. The number of aryl methyl sites for hydroxylation is 1. The third-order valence-electron chi connectivity index (χ3n) is 3.06. The van der Waals surface area contributed by atoms with Crippen LogP contribution in [0.2, 0.25) is 0 Å². The van der Waals surface area contributed by atoms with Crippen molar-refractivity contribution in [3.63, 3.8) is 0 Å². The highest BCUT2D eigenvalue weighted by Crippen LogP contribution is 2.38. The number of allylic oxidation sites excluding steroid dienone is 1. The van der Waals surface area contributed by atoms with Crippen LogP contribution in [0.1, 0.15) is 21.5 Å². The normalized spacial score (nSPS) is 15.3. The number of rotatable bonds is 1. The summed E-state index contributed by atoms with van der Waals surface area (Å²) in [7, 11) is 0. The van der Waals surface area contributed by atoms with Crippen LogP contribution in [0.3, 0.4) is 0 Å². The highest BCUT2D eigenvalue weighted by molar-refractivity contribution is 9.10. The molecule has 1 aliphatic heterocycles. The summed E-state index contributed by atoms with van der Waals surface area (Å²) in [6.07, 6.45) is 1.67. The first-order valence-corrected chi connectivity index (χ1v) is 6.87. The van der Waals surface area contributed by atoms with Gasteiger partial charge in [-0.15, -0.1) is 0 Å². The van der Waals surface area contributed by atoms with Crippen molar-refractivity contribution < 1.29 is 14.6 Å². The van der Waals surface area contributed by atoms with Crippen LogP contribution in [0.4, 0.5) is 0 Å². The Hall–Kier alpha value is -2.07. The lowest BCUT2D eigenvalue weighted by Gasteiger charge is -2.01. The van der Waals surface area contributed by atoms with Crippen LogP contribution in [0, 0.1) is 6.92 Å². The van der Waals surface area contributed by atoms with Gasteiger partial charge in [-0.05, 0) is 48.4 Å². The summed E-state index contributed by atoms with van der Waals surface area (Å²) in [6.45, 7) is 1.84. The highest BCUT2D eigenvalue weighted by atomic mass is 79.9. The molecule has 0 saturated carbocycles. The summed E-state index contributed by atoms with van der Waals surface area (Å²) in [5.74, 6) is 0.309. The van der Waals surface area contributed by atoms with Crippen LogP contribution < -0.4 is 4.74 Å². The molecule has 2 aromatic carbocycles. The minimum absolute atomic E-state index is 0.0378. The Bertz CT molecular complexity index is 730. The quantitative estimate of drug-likeness (QED) is 0.801. The van der Waals surface area contributed by atoms with Gasteiger partial charge in [0.05, 0.1) is 0 Å². The average molecular weight is 331 g/mol. The first kappa shape index (κ1) is 12.9. The number of hydrogen-bond acceptors (Lipinski definition) is 3. The second kappa shape index (κ2) is 4.80. The van der Waals surface area contributed by atoms with Crippen molar-refractivity contribution in [1.29, 1.82) is 0 Å². The molecule has 0 aliphatic carbocycles. The predicted octanol–water partition coefficient (Wildman–Crippen LogP) is 4.08. The summed E-state index contributed by atoms with van der Waals surface area (Å²) in [6, 6.07) is 10.8. The molecule has 3 rings (SSSR count). The number of Topliss-reactive ketones (excluding diaryl/α,β-unsaturated/α-hetero) is 1. The third-order valence-corrected chi connectivity index (χ3v) is 3.59. The molecule has 0 saturated heterocycles. The molecule has 1 N–H and O–H groups in total. The molecule has 0 unspecified atom stereocenters. The van der Waals surface area contributed by atoms with Crippen molar-refractivity contribution in [1.82, 2.24) is 0 Å². The van der Waals surface area contributed by atoms with E-state index in [0.29, 0.717) is 5.75 Å². The van der Waals surface area contributed by atoms with E-state index in [4.69, 9.17) is 4.74 Å². The molecular weight excluding hydrogens is 320 g/mol. The summed E-state index contributed by atoms with van der Waals surface area (Å²) < 4.78 is 6.52. The molecule has 4 heteroatoms. The molecule has 100 valence electrons. The molecule has 20 heavy (non-hydrogen) atoms. The maximum absolute atomic E-state index is 12.2. The number of phenolic OH excluding ortho intramolecular Hbond substituents is 1. The zero-order valence-corrected chi connectivity index (χ0v) is 12.3. The van der Waals surface area contributed by atoms with Gasteiger partial charge in [0, 0.05) is 4.47 Å². The van der Waals surface area contributed by atoms with Gasteiger partial charge in [-0.25, -0.2) is 0 Å². The topological polar surface area (TPSA) is 46.5 Å². The Morgan fingerprint density at radius 1 is 1.20 bits per heavy atom. The summed E-state index contributed by atoms with van der Waals surface area (Å²) in [5, 5.41) is 9.87. The van der Waals surface area contributed by atoms with Crippen molar-refractivity contribution >= 4 is 27.8 Å². The molecule has 1 heterocycles. The molecule has 0 spiro atoms. The highest BCUT2D eigenvalue weighted by Gasteiger charge is 2.30. The lowest BCUT2D eigenvalue weighted by molar-refractivity contribution is 0.101. The SMILES string of the molecule is Cc1cc(O)c2c(c1)OC(=Cc1ccc(Br)cc1)C2=O. The van der Waals surface area contributed by atoms with Gasteiger partial charge in [0.1, 0.15) is 17.1 Å². The van der Waals surface area contributed by atoms with Crippen molar-refractivity contribution in [2.45, 2.75) is 6.92 Å². The second-order valence-corrected chi connectivity index (χ2v) is 5.56. The lowest BCUT2D eigenvalue weighted by atomic mass is 10.1. The number of benzene rings is 2. The van der Waals surface area contributed by atoms with E-state index in [0.717, 1.165) is 15.6 Å². The Morgan fingerprint density at radius 2 is 1.90 bits per heavy atom. The van der Waals surface area contributed by atoms with Gasteiger partial charge in [0.15, 0.2) is 5.76 Å². The zero-order chi connectivity index (χ0) is 14.3. The van der Waals surface area contributed by atoms with Gasteiger partial charge in [-0.1, -0.05) is 28.1 Å². The van der Waals surface area contributed by atoms with Gasteiger partial charge in [-0.2, -0.15) is 0 Å². The molecule has 1 aliphatic rings. The Balaban J connectivity index is 2.01. The van der Waals surface area contributed by atoms with Gasteiger partial charge in [-0.3, -0.25) is 4.79 Å². The van der Waals surface area contributed by atoms with E-state index in [2.05, 4.69) is 15.9 Å². The molecular formula is C16H11BrO3. The first-order chi connectivity index (χ1) is 9.54. The van der Waals surface area contributed by atoms with Crippen LogP contribution in [-0.4, -0.2) is 10.9 Å². The molecule has 3 nitrogen and oxygen atoms in total. The van der Waals surface area contributed by atoms with Gasteiger partial charge < -0.3 is 9.84 Å². The summed E-state index contributed by atoms with van der Waals surface area (Å²) in [5.41, 5.74) is 1.94. The number of fused-ring (bicyclic) bond motifs is 1. The summed E-state index contributed by atoms with van der Waals surface area (Å²) >= 11 is 3.36. The Kier molecular flexibility index (Phi) is 3.10. The molecule has 2 aromatic rings. The number of carbonyl (C=O) groups is 1. The van der Waals surface area contributed by atoms with E-state index >= 15 is 0 Å². The van der Waals surface area contributed by atoms with Gasteiger partial charge in [0.2, 0.25) is 5.78 Å². The third kappa shape index (κ3) is 2.23. The van der Waals surface area contributed by atoms with Crippen molar-refractivity contribution in [2.75, 3.05) is 0 Å². The molecule has 0 amide bonds. The second-order valence-electron chi connectivity index (χ2n) is 4.65. The first-order valence-electron chi connectivity index (χ1n) is 6.08. The largest absolute Gasteiger partial charge is 0.507 e. The van der Waals surface area contributed by atoms with Crippen molar-refractivity contribution in [3.05, 3.63) is 63.3 Å². The summed E-state index contributed by atoms with van der Waals surface area (Å²) in [4.78, 5) is 12.2. The van der Waals surface area contributed by atoms with Gasteiger partial charge in [0.25, 0.3) is 0 Å². The van der Waals surface area contributed by atoms with Crippen LogP contribution in [0.25, 0.3) is 6.08 Å².